The number of ketones is 1. The van der Waals surface area contributed by atoms with Crippen LogP contribution in [0.25, 0.3) is 0 Å². The molecule has 0 aliphatic rings. The highest BCUT2D eigenvalue weighted by atomic mass is 16.5. The van der Waals surface area contributed by atoms with Gasteiger partial charge in [0.25, 0.3) is 0 Å². The third-order valence-electron chi connectivity index (χ3n) is 3.03. The molecule has 152 valence electrons. The lowest BCUT2D eigenvalue weighted by atomic mass is 10.3. The van der Waals surface area contributed by atoms with Crippen molar-refractivity contribution in [3.8, 4) is 0 Å². The molecule has 0 aromatic heterocycles. The normalized spacial score (nSPS) is 10.8. The maximum absolute atomic E-state index is 11.8. The third kappa shape index (κ3) is 15.9. The van der Waals surface area contributed by atoms with Crippen molar-refractivity contribution in [3.05, 3.63) is 0 Å². The molecule has 0 unspecified atom stereocenters. The summed E-state index contributed by atoms with van der Waals surface area (Å²) < 4.78 is 20.7. The quantitative estimate of drug-likeness (QED) is 0.251. The van der Waals surface area contributed by atoms with Crippen molar-refractivity contribution >= 4 is 17.6 Å². The highest BCUT2D eigenvalue weighted by molar-refractivity contribution is 5.88. The molecule has 10 nitrogen and oxygen atoms in total. The van der Waals surface area contributed by atoms with Crippen LogP contribution in [0.1, 0.15) is 6.92 Å². The summed E-state index contributed by atoms with van der Waals surface area (Å²) in [5.41, 5.74) is 0. The molecule has 0 fully saturated rings. The van der Waals surface area contributed by atoms with Gasteiger partial charge in [-0.15, -0.1) is 0 Å². The fraction of sp³-hybridized carbons (Fsp3) is 0.812. The average molecular weight is 377 g/mol. The minimum absolute atomic E-state index is 0.00588. The maximum atomic E-state index is 11.8. The van der Waals surface area contributed by atoms with Crippen molar-refractivity contribution in [2.45, 2.75) is 13.0 Å². The first-order chi connectivity index (χ1) is 12.5. The Morgan fingerprint density at radius 2 is 1.27 bits per heavy atom. The molecule has 0 aliphatic carbocycles. The number of amides is 2. The van der Waals surface area contributed by atoms with Gasteiger partial charge in [0.2, 0.25) is 11.8 Å². The number of Topliss-reactive ketones (excluding diaryl/α,β-unsaturated/α-hetero) is 1. The molecule has 0 bridgehead atoms. The van der Waals surface area contributed by atoms with Crippen molar-refractivity contribution in [2.75, 3.05) is 73.5 Å². The Morgan fingerprint density at radius 1 is 0.769 bits per heavy atom. The third-order valence-corrected chi connectivity index (χ3v) is 3.03. The van der Waals surface area contributed by atoms with E-state index in [1.54, 1.807) is 14.2 Å². The first kappa shape index (κ1) is 24.4. The van der Waals surface area contributed by atoms with Crippen LogP contribution in [0.5, 0.6) is 0 Å². The number of nitrogens with one attached hydrogen (secondary N) is 3. The molecule has 0 aromatic carbocycles. The van der Waals surface area contributed by atoms with Gasteiger partial charge in [-0.25, -0.2) is 0 Å². The van der Waals surface area contributed by atoms with E-state index in [1.807, 2.05) is 0 Å². The van der Waals surface area contributed by atoms with E-state index in [2.05, 4.69) is 16.0 Å². The Hall–Kier alpha value is -1.59. The second-order valence-corrected chi connectivity index (χ2v) is 5.47. The van der Waals surface area contributed by atoms with E-state index in [4.69, 9.17) is 18.9 Å². The van der Waals surface area contributed by atoms with Gasteiger partial charge in [0.1, 0.15) is 5.78 Å². The molecule has 0 rings (SSSR count). The molecule has 2 amide bonds. The lowest BCUT2D eigenvalue weighted by molar-refractivity contribution is -0.126. The van der Waals surface area contributed by atoms with Crippen LogP contribution in [0.3, 0.4) is 0 Å². The molecular formula is C16H31N3O7. The van der Waals surface area contributed by atoms with E-state index in [0.29, 0.717) is 39.6 Å². The molecule has 0 saturated carbocycles. The van der Waals surface area contributed by atoms with Crippen molar-refractivity contribution in [2.24, 2.45) is 0 Å². The van der Waals surface area contributed by atoms with Crippen LogP contribution in [-0.2, 0) is 33.3 Å². The first-order valence-electron chi connectivity index (χ1n) is 8.39. The SMILES string of the molecule is COCCOCC(COCCOC)NCC(=O)NCC(=O)NCC(C)=O. The number of carbonyl (C=O) groups excluding carboxylic acids is 3. The molecule has 0 aliphatic heterocycles. The molecule has 0 atom stereocenters. The van der Waals surface area contributed by atoms with Crippen LogP contribution >= 0.6 is 0 Å². The average Bonchev–Trinajstić information content (AvgIpc) is 2.62. The zero-order valence-corrected chi connectivity index (χ0v) is 15.8. The Morgan fingerprint density at radius 3 is 1.77 bits per heavy atom. The number of rotatable bonds is 17. The van der Waals surface area contributed by atoms with Crippen LogP contribution < -0.4 is 16.0 Å². The Labute approximate surface area is 154 Å². The van der Waals surface area contributed by atoms with Gasteiger partial charge in [-0.3, -0.25) is 14.4 Å². The lowest BCUT2D eigenvalue weighted by Gasteiger charge is -2.19. The Bertz CT molecular complexity index is 395. The first-order valence-corrected chi connectivity index (χ1v) is 8.39. The van der Waals surface area contributed by atoms with E-state index < -0.39 is 5.91 Å². The maximum Gasteiger partial charge on any atom is 0.239 e. The summed E-state index contributed by atoms with van der Waals surface area (Å²) in [5.74, 6) is -0.922. The van der Waals surface area contributed by atoms with Crippen molar-refractivity contribution in [3.63, 3.8) is 0 Å². The van der Waals surface area contributed by atoms with Gasteiger partial charge < -0.3 is 34.9 Å². The lowest BCUT2D eigenvalue weighted by Crippen LogP contribution is -2.46. The summed E-state index contributed by atoms with van der Waals surface area (Å²) >= 11 is 0. The van der Waals surface area contributed by atoms with Crippen LogP contribution in [0.2, 0.25) is 0 Å². The number of carbonyl (C=O) groups is 3. The smallest absolute Gasteiger partial charge is 0.239 e. The van der Waals surface area contributed by atoms with Gasteiger partial charge in [0.15, 0.2) is 0 Å². The van der Waals surface area contributed by atoms with E-state index in [-0.39, 0.29) is 37.4 Å². The summed E-state index contributed by atoms with van der Waals surface area (Å²) in [6, 6.07) is -0.194. The summed E-state index contributed by atoms with van der Waals surface area (Å²) in [7, 11) is 3.17. The zero-order chi connectivity index (χ0) is 19.6. The molecule has 26 heavy (non-hydrogen) atoms. The molecule has 3 N–H and O–H groups in total. The second kappa shape index (κ2) is 16.9. The molecule has 0 aromatic rings. The number of ether oxygens (including phenoxy) is 4. The van der Waals surface area contributed by atoms with E-state index >= 15 is 0 Å². The van der Waals surface area contributed by atoms with E-state index in [0.717, 1.165) is 0 Å². The van der Waals surface area contributed by atoms with Gasteiger partial charge in [0.05, 0.1) is 65.3 Å². The minimum atomic E-state index is -0.420. The van der Waals surface area contributed by atoms with Crippen molar-refractivity contribution in [1.82, 2.24) is 16.0 Å². The molecule has 10 heteroatoms. The zero-order valence-electron chi connectivity index (χ0n) is 15.8. The summed E-state index contributed by atoms with van der Waals surface area (Å²) in [6.45, 7) is 3.67. The summed E-state index contributed by atoms with van der Waals surface area (Å²) in [4.78, 5) is 34.0. The highest BCUT2D eigenvalue weighted by Crippen LogP contribution is 1.90. The van der Waals surface area contributed by atoms with Gasteiger partial charge in [0, 0.05) is 14.2 Å². The van der Waals surface area contributed by atoms with Gasteiger partial charge in [-0.1, -0.05) is 0 Å². The van der Waals surface area contributed by atoms with Crippen LogP contribution in [-0.4, -0.2) is 97.1 Å². The molecular weight excluding hydrogens is 346 g/mol. The fourth-order valence-electron chi connectivity index (χ4n) is 1.67. The van der Waals surface area contributed by atoms with Crippen molar-refractivity contribution in [1.29, 1.82) is 0 Å². The van der Waals surface area contributed by atoms with Gasteiger partial charge >= 0.3 is 0 Å². The largest absolute Gasteiger partial charge is 0.382 e. The minimum Gasteiger partial charge on any atom is -0.382 e. The monoisotopic (exact) mass is 377 g/mol. The van der Waals surface area contributed by atoms with E-state index in [9.17, 15) is 14.4 Å². The van der Waals surface area contributed by atoms with E-state index in [1.165, 1.54) is 6.92 Å². The molecule has 0 radical (unpaired) electrons. The predicted octanol–water partition coefficient (Wildman–Crippen LogP) is -1.91. The summed E-state index contributed by atoms with van der Waals surface area (Å²) in [5, 5.41) is 7.88. The molecule has 0 heterocycles. The molecule has 0 saturated heterocycles. The molecule has 0 spiro atoms. The van der Waals surface area contributed by atoms with Gasteiger partial charge in [-0.2, -0.15) is 0 Å². The second-order valence-electron chi connectivity index (χ2n) is 5.47. The number of hydrogen-bond acceptors (Lipinski definition) is 8. The summed E-state index contributed by atoms with van der Waals surface area (Å²) in [6.07, 6.45) is 0. The van der Waals surface area contributed by atoms with Gasteiger partial charge in [-0.05, 0) is 6.92 Å². The Kier molecular flexibility index (Phi) is 15.8. The van der Waals surface area contributed by atoms with Crippen LogP contribution in [0, 0.1) is 0 Å². The van der Waals surface area contributed by atoms with Crippen molar-refractivity contribution < 1.29 is 33.3 Å². The van der Waals surface area contributed by atoms with Crippen LogP contribution in [0.15, 0.2) is 0 Å². The highest BCUT2D eigenvalue weighted by Gasteiger charge is 2.12. The number of hydrogen-bond donors (Lipinski definition) is 3. The van der Waals surface area contributed by atoms with Crippen LogP contribution in [0.4, 0.5) is 0 Å². The topological polar surface area (TPSA) is 124 Å². The fourth-order valence-corrected chi connectivity index (χ4v) is 1.67. The standard InChI is InChI=1S/C16H31N3O7/c1-13(20)8-18-16(22)10-19-15(21)9-17-14(11-25-6-4-23-2)12-26-7-5-24-3/h14,17H,4-12H2,1-3H3,(H,18,22)(H,19,21). The predicted molar refractivity (Wildman–Crippen MR) is 93.9 cm³/mol. The Balaban J connectivity index is 4.06. The number of methoxy groups -OCH3 is 2.